The number of pyridine rings is 1. The molecule has 0 saturated carbocycles. The summed E-state index contributed by atoms with van der Waals surface area (Å²) < 4.78 is 69.8. The predicted molar refractivity (Wildman–Crippen MR) is 113 cm³/mol. The fourth-order valence-electron chi connectivity index (χ4n) is 3.91. The molecule has 0 radical (unpaired) electrons. The van der Waals surface area contributed by atoms with Gasteiger partial charge in [0.15, 0.2) is 0 Å². The quantitative estimate of drug-likeness (QED) is 0.625. The van der Waals surface area contributed by atoms with E-state index in [4.69, 9.17) is 4.74 Å². The normalized spacial score (nSPS) is 17.0. The van der Waals surface area contributed by atoms with Crippen LogP contribution in [-0.2, 0) is 16.4 Å². The Balaban J connectivity index is 1.76. The molecule has 0 atom stereocenters. The lowest BCUT2D eigenvalue weighted by molar-refractivity contribution is -0.139. The van der Waals surface area contributed by atoms with Gasteiger partial charge in [-0.25, -0.2) is 13.4 Å². The standard InChI is InChI=1S/C21H22F3N3O3S/c1-30-20-6-5-14(12-25-20)19-11-16-17(26-15-7-9-31(28,29)10-8-15)3-2-4-18(16)27(19)13-21(22,23)24/h2-6,11-12,15,26H,7-10,13H2,1H3. The van der Waals surface area contributed by atoms with Crippen LogP contribution < -0.4 is 10.1 Å². The number of fused-ring (bicyclic) bond motifs is 1. The minimum Gasteiger partial charge on any atom is -0.481 e. The van der Waals surface area contributed by atoms with Gasteiger partial charge in [0.2, 0.25) is 5.88 Å². The summed E-state index contributed by atoms with van der Waals surface area (Å²) in [7, 11) is -1.53. The van der Waals surface area contributed by atoms with Gasteiger partial charge in [-0.15, -0.1) is 0 Å². The first-order chi connectivity index (χ1) is 14.6. The van der Waals surface area contributed by atoms with Crippen LogP contribution in [0, 0.1) is 0 Å². The van der Waals surface area contributed by atoms with Gasteiger partial charge < -0.3 is 14.6 Å². The number of alkyl halides is 3. The van der Waals surface area contributed by atoms with Crippen LogP contribution in [-0.4, -0.2) is 48.8 Å². The first kappa shape index (κ1) is 21.5. The molecule has 1 fully saturated rings. The van der Waals surface area contributed by atoms with Gasteiger partial charge in [0.05, 0.1) is 29.8 Å². The molecule has 0 aliphatic carbocycles. The Morgan fingerprint density at radius 3 is 2.55 bits per heavy atom. The highest BCUT2D eigenvalue weighted by Gasteiger charge is 2.31. The summed E-state index contributed by atoms with van der Waals surface area (Å²) in [5.41, 5.74) is 2.06. The Labute approximate surface area is 178 Å². The molecular formula is C21H22F3N3O3S. The molecule has 10 heteroatoms. The van der Waals surface area contributed by atoms with E-state index in [0.717, 1.165) is 0 Å². The molecule has 1 aromatic carbocycles. The lowest BCUT2D eigenvalue weighted by Crippen LogP contribution is -2.32. The molecule has 31 heavy (non-hydrogen) atoms. The maximum atomic E-state index is 13.4. The van der Waals surface area contributed by atoms with Gasteiger partial charge in [0.25, 0.3) is 0 Å². The second kappa shape index (κ2) is 8.07. The highest BCUT2D eigenvalue weighted by Crippen LogP contribution is 2.35. The summed E-state index contributed by atoms with van der Waals surface area (Å²) >= 11 is 0. The number of benzene rings is 1. The fourth-order valence-corrected chi connectivity index (χ4v) is 5.40. The van der Waals surface area contributed by atoms with E-state index in [1.54, 1.807) is 36.4 Å². The Morgan fingerprint density at radius 1 is 1.19 bits per heavy atom. The number of hydrogen-bond acceptors (Lipinski definition) is 5. The van der Waals surface area contributed by atoms with Crippen molar-refractivity contribution in [3.63, 3.8) is 0 Å². The molecule has 3 heterocycles. The lowest BCUT2D eigenvalue weighted by Gasteiger charge is -2.24. The highest BCUT2D eigenvalue weighted by atomic mass is 32.2. The van der Waals surface area contributed by atoms with Crippen molar-refractivity contribution >= 4 is 26.4 Å². The van der Waals surface area contributed by atoms with Crippen LogP contribution in [0.1, 0.15) is 12.8 Å². The molecule has 0 bridgehead atoms. The molecule has 1 aliphatic rings. The smallest absolute Gasteiger partial charge is 0.406 e. The zero-order chi connectivity index (χ0) is 22.2. The summed E-state index contributed by atoms with van der Waals surface area (Å²) in [5.74, 6) is 0.591. The van der Waals surface area contributed by atoms with E-state index in [-0.39, 0.29) is 17.5 Å². The number of methoxy groups -OCH3 is 1. The van der Waals surface area contributed by atoms with Crippen molar-refractivity contribution < 1.29 is 26.3 Å². The molecule has 1 aliphatic heterocycles. The van der Waals surface area contributed by atoms with Crippen molar-refractivity contribution in [1.82, 2.24) is 9.55 Å². The molecule has 1 saturated heterocycles. The van der Waals surface area contributed by atoms with Crippen molar-refractivity contribution in [2.24, 2.45) is 0 Å². The molecule has 0 amide bonds. The van der Waals surface area contributed by atoms with Crippen LogP contribution >= 0.6 is 0 Å². The average molecular weight is 453 g/mol. The number of halogens is 3. The van der Waals surface area contributed by atoms with Crippen LogP contribution in [0.25, 0.3) is 22.2 Å². The van der Waals surface area contributed by atoms with E-state index in [0.29, 0.717) is 46.6 Å². The minimum absolute atomic E-state index is 0.0498. The number of nitrogens with zero attached hydrogens (tertiary/aromatic N) is 2. The van der Waals surface area contributed by atoms with Gasteiger partial charge in [0.1, 0.15) is 16.4 Å². The molecule has 1 N–H and O–H groups in total. The Morgan fingerprint density at radius 2 is 1.94 bits per heavy atom. The number of hydrogen-bond donors (Lipinski definition) is 1. The van der Waals surface area contributed by atoms with Crippen molar-refractivity contribution in [3.05, 3.63) is 42.6 Å². The Kier molecular flexibility index (Phi) is 5.59. The van der Waals surface area contributed by atoms with Gasteiger partial charge in [0, 0.05) is 34.9 Å². The van der Waals surface area contributed by atoms with Gasteiger partial charge in [-0.3, -0.25) is 0 Å². The zero-order valence-electron chi connectivity index (χ0n) is 16.8. The van der Waals surface area contributed by atoms with Gasteiger partial charge in [-0.05, 0) is 37.1 Å². The third-order valence-electron chi connectivity index (χ3n) is 5.44. The third-order valence-corrected chi connectivity index (χ3v) is 7.15. The van der Waals surface area contributed by atoms with Crippen LogP contribution in [0.2, 0.25) is 0 Å². The van der Waals surface area contributed by atoms with E-state index in [1.807, 2.05) is 0 Å². The second-order valence-corrected chi connectivity index (χ2v) is 9.93. The maximum Gasteiger partial charge on any atom is 0.406 e. The zero-order valence-corrected chi connectivity index (χ0v) is 17.6. The SMILES string of the molecule is COc1ccc(-c2cc3c(NC4CCS(=O)(=O)CC4)cccc3n2CC(F)(F)F)cn1. The number of ether oxygens (including phenoxy) is 1. The number of rotatable bonds is 5. The Bertz CT molecular complexity index is 1170. The average Bonchev–Trinajstić information content (AvgIpc) is 3.07. The lowest BCUT2D eigenvalue weighted by atomic mass is 10.1. The number of nitrogens with one attached hydrogen (secondary N) is 1. The monoisotopic (exact) mass is 453 g/mol. The summed E-state index contributed by atoms with van der Waals surface area (Å²) in [6.07, 6.45) is -1.98. The number of sulfone groups is 1. The minimum atomic E-state index is -4.40. The molecule has 3 aromatic rings. The molecule has 6 nitrogen and oxygen atoms in total. The van der Waals surface area contributed by atoms with E-state index in [9.17, 15) is 21.6 Å². The summed E-state index contributed by atoms with van der Waals surface area (Å²) in [6, 6.07) is 10.1. The molecule has 166 valence electrons. The first-order valence-corrected chi connectivity index (χ1v) is 11.6. The predicted octanol–water partition coefficient (Wildman–Crippen LogP) is 4.26. The highest BCUT2D eigenvalue weighted by molar-refractivity contribution is 7.91. The van der Waals surface area contributed by atoms with E-state index < -0.39 is 22.6 Å². The summed E-state index contributed by atoms with van der Waals surface area (Å²) in [4.78, 5) is 4.12. The van der Waals surface area contributed by atoms with Gasteiger partial charge in [-0.2, -0.15) is 13.2 Å². The van der Waals surface area contributed by atoms with Crippen molar-refractivity contribution in [3.8, 4) is 17.1 Å². The molecule has 2 aromatic heterocycles. The maximum absolute atomic E-state index is 13.4. The summed E-state index contributed by atoms with van der Waals surface area (Å²) in [5, 5.41) is 3.98. The fraction of sp³-hybridized carbons (Fsp3) is 0.381. The molecule has 0 unspecified atom stereocenters. The van der Waals surface area contributed by atoms with Crippen LogP contribution in [0.15, 0.2) is 42.6 Å². The van der Waals surface area contributed by atoms with Gasteiger partial charge >= 0.3 is 6.18 Å². The Hall–Kier alpha value is -2.75. The van der Waals surface area contributed by atoms with E-state index >= 15 is 0 Å². The van der Waals surface area contributed by atoms with E-state index in [2.05, 4.69) is 10.3 Å². The van der Waals surface area contributed by atoms with Crippen molar-refractivity contribution in [2.75, 3.05) is 23.9 Å². The van der Waals surface area contributed by atoms with Crippen molar-refractivity contribution in [1.29, 1.82) is 0 Å². The topological polar surface area (TPSA) is 73.2 Å². The van der Waals surface area contributed by atoms with Crippen LogP contribution in [0.4, 0.5) is 18.9 Å². The van der Waals surface area contributed by atoms with Gasteiger partial charge in [-0.1, -0.05) is 6.07 Å². The molecule has 4 rings (SSSR count). The molecular weight excluding hydrogens is 431 g/mol. The second-order valence-electron chi connectivity index (χ2n) is 7.63. The van der Waals surface area contributed by atoms with Crippen LogP contribution in [0.5, 0.6) is 5.88 Å². The largest absolute Gasteiger partial charge is 0.481 e. The number of aromatic nitrogens is 2. The van der Waals surface area contributed by atoms with E-state index in [1.165, 1.54) is 17.9 Å². The number of anilines is 1. The van der Waals surface area contributed by atoms with Crippen LogP contribution in [0.3, 0.4) is 0 Å². The first-order valence-electron chi connectivity index (χ1n) is 9.81. The summed E-state index contributed by atoms with van der Waals surface area (Å²) in [6.45, 7) is -1.14. The van der Waals surface area contributed by atoms with Crippen molar-refractivity contribution in [2.45, 2.75) is 31.6 Å². The third kappa shape index (κ3) is 4.79. The molecule has 0 spiro atoms.